The van der Waals surface area contributed by atoms with Crippen LogP contribution in [0.4, 0.5) is 0 Å². The molecule has 1 aromatic carbocycles. The number of hydrogen-bond acceptors (Lipinski definition) is 1. The Bertz CT molecular complexity index is 270. The Morgan fingerprint density at radius 1 is 1.23 bits per heavy atom. The van der Waals surface area contributed by atoms with Gasteiger partial charge in [0.15, 0.2) is 0 Å². The van der Waals surface area contributed by atoms with Crippen LogP contribution in [0, 0.1) is 12.3 Å². The summed E-state index contributed by atoms with van der Waals surface area (Å²) >= 11 is 0. The van der Waals surface area contributed by atoms with Crippen molar-refractivity contribution in [1.29, 1.82) is 0 Å². The van der Waals surface area contributed by atoms with Crippen LogP contribution in [0.1, 0.15) is 24.8 Å². The minimum atomic E-state index is 0.681. The first-order chi connectivity index (χ1) is 6.29. The summed E-state index contributed by atoms with van der Waals surface area (Å²) in [6.07, 6.45) is 3.70. The van der Waals surface area contributed by atoms with Crippen LogP contribution in [-0.2, 0) is 0 Å². The van der Waals surface area contributed by atoms with Crippen LogP contribution in [0.5, 0.6) is 5.75 Å². The van der Waals surface area contributed by atoms with Crippen molar-refractivity contribution in [2.24, 2.45) is 5.92 Å². The van der Waals surface area contributed by atoms with E-state index in [0.29, 0.717) is 5.92 Å². The van der Waals surface area contributed by atoms with E-state index in [2.05, 4.69) is 25.5 Å². The van der Waals surface area contributed by atoms with E-state index in [0.717, 1.165) is 11.7 Å². The molecule has 2 atom stereocenters. The van der Waals surface area contributed by atoms with E-state index in [4.69, 9.17) is 4.74 Å². The summed E-state index contributed by atoms with van der Waals surface area (Å²) in [5, 5.41) is 0. The molecule has 2 rings (SSSR count). The smallest absolute Gasteiger partial charge is 0.118 e. The molecule has 2 unspecified atom stereocenters. The van der Waals surface area contributed by atoms with Crippen LogP contribution in [0.3, 0.4) is 0 Å². The third-order valence-corrected chi connectivity index (χ3v) is 2.73. The zero-order valence-electron chi connectivity index (χ0n) is 8.16. The Hall–Kier alpha value is -0.980. The zero-order chi connectivity index (χ0) is 9.26. The van der Waals surface area contributed by atoms with Gasteiger partial charge in [-0.3, -0.25) is 0 Å². The molecule has 1 aliphatic carbocycles. The SMILES string of the molecule is COc1ccc(C2[CH]C(C)C2)cc1. The molecule has 0 aliphatic heterocycles. The molecule has 1 aromatic rings. The lowest BCUT2D eigenvalue weighted by Crippen LogP contribution is -2.19. The quantitative estimate of drug-likeness (QED) is 0.671. The van der Waals surface area contributed by atoms with Crippen molar-refractivity contribution >= 4 is 0 Å². The minimum absolute atomic E-state index is 0.681. The largest absolute Gasteiger partial charge is 0.497 e. The average Bonchev–Trinajstić information content (AvgIpc) is 2.13. The summed E-state index contributed by atoms with van der Waals surface area (Å²) < 4.78 is 5.11. The maximum atomic E-state index is 5.11. The molecule has 0 heterocycles. The highest BCUT2D eigenvalue weighted by Crippen LogP contribution is 2.40. The highest BCUT2D eigenvalue weighted by Gasteiger charge is 2.26. The third-order valence-electron chi connectivity index (χ3n) is 2.73. The van der Waals surface area contributed by atoms with Gasteiger partial charge in [0.1, 0.15) is 5.75 Å². The topological polar surface area (TPSA) is 9.23 Å². The van der Waals surface area contributed by atoms with E-state index < -0.39 is 0 Å². The molecule has 1 fully saturated rings. The molecule has 0 saturated heterocycles. The number of benzene rings is 1. The molecule has 0 bridgehead atoms. The molecular formula is C12H15O. The van der Waals surface area contributed by atoms with Gasteiger partial charge in [0.05, 0.1) is 7.11 Å². The fourth-order valence-corrected chi connectivity index (χ4v) is 1.86. The monoisotopic (exact) mass is 175 g/mol. The Labute approximate surface area is 79.7 Å². The van der Waals surface area contributed by atoms with Gasteiger partial charge in [-0.25, -0.2) is 0 Å². The number of ether oxygens (including phenoxy) is 1. The van der Waals surface area contributed by atoms with Gasteiger partial charge in [0.25, 0.3) is 0 Å². The maximum Gasteiger partial charge on any atom is 0.118 e. The van der Waals surface area contributed by atoms with Gasteiger partial charge in [-0.1, -0.05) is 19.1 Å². The predicted molar refractivity (Wildman–Crippen MR) is 53.8 cm³/mol. The first-order valence-electron chi connectivity index (χ1n) is 4.78. The molecule has 69 valence electrons. The molecule has 0 N–H and O–H groups in total. The fourth-order valence-electron chi connectivity index (χ4n) is 1.86. The number of hydrogen-bond donors (Lipinski definition) is 0. The third kappa shape index (κ3) is 1.69. The van der Waals surface area contributed by atoms with Crippen LogP contribution < -0.4 is 4.74 Å². The van der Waals surface area contributed by atoms with Crippen LogP contribution in [-0.4, -0.2) is 7.11 Å². The van der Waals surface area contributed by atoms with Crippen molar-refractivity contribution in [1.82, 2.24) is 0 Å². The Morgan fingerprint density at radius 2 is 1.85 bits per heavy atom. The van der Waals surface area contributed by atoms with Crippen molar-refractivity contribution in [3.05, 3.63) is 36.2 Å². The zero-order valence-corrected chi connectivity index (χ0v) is 8.16. The van der Waals surface area contributed by atoms with E-state index in [1.807, 2.05) is 12.1 Å². The van der Waals surface area contributed by atoms with Crippen molar-refractivity contribution in [3.8, 4) is 5.75 Å². The van der Waals surface area contributed by atoms with Crippen LogP contribution >= 0.6 is 0 Å². The summed E-state index contributed by atoms with van der Waals surface area (Å²) in [6, 6.07) is 8.38. The molecule has 0 spiro atoms. The van der Waals surface area contributed by atoms with E-state index in [1.165, 1.54) is 12.0 Å². The van der Waals surface area contributed by atoms with Crippen molar-refractivity contribution in [2.45, 2.75) is 19.3 Å². The summed E-state index contributed by atoms with van der Waals surface area (Å²) in [6.45, 7) is 2.26. The highest BCUT2D eigenvalue weighted by molar-refractivity contribution is 5.32. The first kappa shape index (κ1) is 8.61. The molecule has 0 amide bonds. The van der Waals surface area contributed by atoms with Gasteiger partial charge in [-0.05, 0) is 42.4 Å². The Kier molecular flexibility index (Phi) is 2.26. The van der Waals surface area contributed by atoms with Crippen molar-refractivity contribution in [3.63, 3.8) is 0 Å². The van der Waals surface area contributed by atoms with Crippen LogP contribution in [0.15, 0.2) is 24.3 Å². The second-order valence-corrected chi connectivity index (χ2v) is 3.79. The van der Waals surface area contributed by atoms with Gasteiger partial charge in [-0.15, -0.1) is 0 Å². The molecule has 1 heteroatoms. The van der Waals surface area contributed by atoms with Gasteiger partial charge in [-0.2, -0.15) is 0 Å². The second kappa shape index (κ2) is 3.41. The van der Waals surface area contributed by atoms with E-state index in [9.17, 15) is 0 Å². The standard InChI is InChI=1S/C12H15O/c1-9-7-11(8-9)10-3-5-12(13-2)6-4-10/h3-7,9,11H,8H2,1-2H3. The number of methoxy groups -OCH3 is 1. The normalized spacial score (nSPS) is 26.6. The van der Waals surface area contributed by atoms with E-state index in [1.54, 1.807) is 7.11 Å². The lowest BCUT2D eigenvalue weighted by molar-refractivity contribution is 0.404. The summed E-state index contributed by atoms with van der Waals surface area (Å²) in [4.78, 5) is 0. The van der Waals surface area contributed by atoms with Crippen LogP contribution in [0.2, 0.25) is 0 Å². The van der Waals surface area contributed by atoms with E-state index >= 15 is 0 Å². The molecule has 13 heavy (non-hydrogen) atoms. The summed E-state index contributed by atoms with van der Waals surface area (Å²) in [7, 11) is 1.70. The van der Waals surface area contributed by atoms with Crippen molar-refractivity contribution in [2.75, 3.05) is 7.11 Å². The molecule has 1 saturated carbocycles. The van der Waals surface area contributed by atoms with Gasteiger partial charge in [0, 0.05) is 0 Å². The maximum absolute atomic E-state index is 5.11. The molecule has 1 aliphatic rings. The first-order valence-corrected chi connectivity index (χ1v) is 4.78. The Balaban J connectivity index is 2.06. The summed E-state index contributed by atoms with van der Waals surface area (Å²) in [5.74, 6) is 2.42. The number of rotatable bonds is 2. The lowest BCUT2D eigenvalue weighted by atomic mass is 9.72. The predicted octanol–water partition coefficient (Wildman–Crippen LogP) is 3.02. The fraction of sp³-hybridized carbons (Fsp3) is 0.417. The van der Waals surface area contributed by atoms with Crippen molar-refractivity contribution < 1.29 is 4.74 Å². The Morgan fingerprint density at radius 3 is 2.31 bits per heavy atom. The minimum Gasteiger partial charge on any atom is -0.497 e. The van der Waals surface area contributed by atoms with Crippen LogP contribution in [0.25, 0.3) is 0 Å². The highest BCUT2D eigenvalue weighted by atomic mass is 16.5. The molecule has 1 radical (unpaired) electrons. The molecule has 1 nitrogen and oxygen atoms in total. The lowest BCUT2D eigenvalue weighted by Gasteiger charge is -2.32. The van der Waals surface area contributed by atoms with Gasteiger partial charge < -0.3 is 4.74 Å². The average molecular weight is 175 g/mol. The van der Waals surface area contributed by atoms with Gasteiger partial charge >= 0.3 is 0 Å². The molecular weight excluding hydrogens is 160 g/mol. The van der Waals surface area contributed by atoms with E-state index in [-0.39, 0.29) is 0 Å². The second-order valence-electron chi connectivity index (χ2n) is 3.79. The summed E-state index contributed by atoms with van der Waals surface area (Å²) in [5.41, 5.74) is 1.42. The molecule has 0 aromatic heterocycles. The van der Waals surface area contributed by atoms with Gasteiger partial charge in [0.2, 0.25) is 0 Å².